The van der Waals surface area contributed by atoms with Gasteiger partial charge in [-0.2, -0.15) is 0 Å². The largest absolute Gasteiger partial charge is 0.428 e. The van der Waals surface area contributed by atoms with E-state index >= 15 is 0 Å². The van der Waals surface area contributed by atoms with Crippen LogP contribution in [0, 0.1) is 0 Å². The van der Waals surface area contributed by atoms with Crippen LogP contribution in [0.5, 0.6) is 0 Å². The van der Waals surface area contributed by atoms with Crippen LogP contribution in [0.2, 0.25) is 0 Å². The summed E-state index contributed by atoms with van der Waals surface area (Å²) in [7, 11) is 0. The SMILES string of the molecule is CC(=O)CCc1ccc(=O)oc1CCCCl. The Hall–Kier alpha value is -1.09. The first kappa shape index (κ1) is 13.0. The van der Waals surface area contributed by atoms with E-state index in [1.165, 1.54) is 6.07 Å². The van der Waals surface area contributed by atoms with Gasteiger partial charge >= 0.3 is 5.63 Å². The summed E-state index contributed by atoms with van der Waals surface area (Å²) in [6.45, 7) is 1.55. The van der Waals surface area contributed by atoms with Crippen molar-refractivity contribution in [3.8, 4) is 0 Å². The highest BCUT2D eigenvalue weighted by Gasteiger charge is 2.07. The molecule has 3 nitrogen and oxygen atoms in total. The number of hydrogen-bond donors (Lipinski definition) is 0. The molecule has 0 atom stereocenters. The van der Waals surface area contributed by atoms with Gasteiger partial charge in [0.15, 0.2) is 0 Å². The van der Waals surface area contributed by atoms with Gasteiger partial charge in [0.2, 0.25) is 0 Å². The Kier molecular flexibility index (Phi) is 5.26. The molecular formula is C12H15ClO3. The molecule has 0 N–H and O–H groups in total. The Bertz CT molecular complexity index is 409. The molecule has 88 valence electrons. The third kappa shape index (κ3) is 4.19. The Morgan fingerprint density at radius 2 is 2.12 bits per heavy atom. The number of rotatable bonds is 6. The minimum absolute atomic E-state index is 0.134. The van der Waals surface area contributed by atoms with Crippen LogP contribution in [0.1, 0.15) is 31.1 Å². The van der Waals surface area contributed by atoms with Crippen LogP contribution >= 0.6 is 11.6 Å². The second kappa shape index (κ2) is 6.48. The molecular weight excluding hydrogens is 228 g/mol. The monoisotopic (exact) mass is 242 g/mol. The summed E-state index contributed by atoms with van der Waals surface area (Å²) < 4.78 is 5.12. The molecule has 1 aromatic rings. The van der Waals surface area contributed by atoms with E-state index in [0.29, 0.717) is 30.9 Å². The third-order valence-corrected chi connectivity index (χ3v) is 2.55. The van der Waals surface area contributed by atoms with Crippen molar-refractivity contribution in [2.45, 2.75) is 32.6 Å². The lowest BCUT2D eigenvalue weighted by Gasteiger charge is -2.05. The van der Waals surface area contributed by atoms with Crippen LogP contribution < -0.4 is 5.63 Å². The van der Waals surface area contributed by atoms with Crippen LogP contribution in [-0.2, 0) is 17.6 Å². The summed E-state index contributed by atoms with van der Waals surface area (Å²) in [6.07, 6.45) is 2.51. The highest BCUT2D eigenvalue weighted by atomic mass is 35.5. The number of Topliss-reactive ketones (excluding diaryl/α,β-unsaturated/α-hetero) is 1. The quantitative estimate of drug-likeness (QED) is 0.720. The summed E-state index contributed by atoms with van der Waals surface area (Å²) >= 11 is 5.60. The van der Waals surface area contributed by atoms with E-state index in [-0.39, 0.29) is 11.4 Å². The molecule has 0 radical (unpaired) electrons. The first-order valence-electron chi connectivity index (χ1n) is 5.31. The number of alkyl halides is 1. The van der Waals surface area contributed by atoms with Crippen LogP contribution in [0.3, 0.4) is 0 Å². The maximum absolute atomic E-state index is 11.1. The van der Waals surface area contributed by atoms with Crippen molar-refractivity contribution in [2.75, 3.05) is 5.88 Å². The summed E-state index contributed by atoms with van der Waals surface area (Å²) in [5.74, 6) is 1.33. The summed E-state index contributed by atoms with van der Waals surface area (Å²) in [6, 6.07) is 3.12. The van der Waals surface area contributed by atoms with E-state index in [9.17, 15) is 9.59 Å². The average Bonchev–Trinajstić information content (AvgIpc) is 2.24. The standard InChI is InChI=1S/C12H15ClO3/c1-9(14)4-5-10-6-7-12(15)16-11(10)3-2-8-13/h6-7H,2-5,8H2,1H3. The van der Waals surface area contributed by atoms with Gasteiger partial charge in [-0.25, -0.2) is 4.79 Å². The summed E-state index contributed by atoms with van der Waals surface area (Å²) in [4.78, 5) is 22.0. The fourth-order valence-corrected chi connectivity index (χ4v) is 1.59. The van der Waals surface area contributed by atoms with Crippen LogP contribution in [-0.4, -0.2) is 11.7 Å². The van der Waals surface area contributed by atoms with Gasteiger partial charge in [-0.1, -0.05) is 0 Å². The second-order valence-corrected chi connectivity index (χ2v) is 4.08. The summed E-state index contributed by atoms with van der Waals surface area (Å²) in [5.41, 5.74) is 0.580. The predicted octanol–water partition coefficient (Wildman–Crippen LogP) is 2.33. The van der Waals surface area contributed by atoms with Crippen LogP contribution in [0.4, 0.5) is 0 Å². The van der Waals surface area contributed by atoms with Gasteiger partial charge < -0.3 is 9.21 Å². The predicted molar refractivity (Wildman–Crippen MR) is 63.0 cm³/mol. The van der Waals surface area contributed by atoms with E-state index in [0.717, 1.165) is 12.0 Å². The summed E-state index contributed by atoms with van der Waals surface area (Å²) in [5, 5.41) is 0. The molecule has 16 heavy (non-hydrogen) atoms. The molecule has 0 saturated heterocycles. The zero-order valence-electron chi connectivity index (χ0n) is 9.29. The zero-order valence-corrected chi connectivity index (χ0v) is 10.0. The molecule has 0 amide bonds. The Morgan fingerprint density at radius 1 is 1.38 bits per heavy atom. The Labute approximate surface area is 99.4 Å². The fourth-order valence-electron chi connectivity index (χ4n) is 1.45. The molecule has 0 saturated carbocycles. The number of hydrogen-bond acceptors (Lipinski definition) is 3. The van der Waals surface area contributed by atoms with Gasteiger partial charge in [0.1, 0.15) is 11.5 Å². The van der Waals surface area contributed by atoms with Crippen molar-refractivity contribution in [3.05, 3.63) is 33.9 Å². The van der Waals surface area contributed by atoms with Gasteiger partial charge in [-0.3, -0.25) is 0 Å². The molecule has 0 bridgehead atoms. The lowest BCUT2D eigenvalue weighted by atomic mass is 10.1. The second-order valence-electron chi connectivity index (χ2n) is 3.70. The van der Waals surface area contributed by atoms with Gasteiger partial charge in [-0.05, 0) is 31.4 Å². The van der Waals surface area contributed by atoms with Crippen molar-refractivity contribution in [3.63, 3.8) is 0 Å². The molecule has 0 aliphatic rings. The molecule has 0 unspecified atom stereocenters. The lowest BCUT2D eigenvalue weighted by molar-refractivity contribution is -0.116. The molecule has 0 spiro atoms. The molecule has 4 heteroatoms. The lowest BCUT2D eigenvalue weighted by Crippen LogP contribution is -2.05. The zero-order chi connectivity index (χ0) is 12.0. The molecule has 1 aromatic heterocycles. The Balaban J connectivity index is 2.80. The average molecular weight is 243 g/mol. The van der Waals surface area contributed by atoms with E-state index in [1.54, 1.807) is 13.0 Å². The number of carbonyl (C=O) groups excluding carboxylic acids is 1. The molecule has 0 aromatic carbocycles. The highest BCUT2D eigenvalue weighted by Crippen LogP contribution is 2.12. The fraction of sp³-hybridized carbons (Fsp3) is 0.500. The molecule has 1 rings (SSSR count). The van der Waals surface area contributed by atoms with E-state index in [1.807, 2.05) is 0 Å². The van der Waals surface area contributed by atoms with E-state index in [4.69, 9.17) is 16.0 Å². The van der Waals surface area contributed by atoms with Crippen molar-refractivity contribution < 1.29 is 9.21 Å². The van der Waals surface area contributed by atoms with Gasteiger partial charge in [-0.15, -0.1) is 11.6 Å². The number of halogens is 1. The first-order valence-corrected chi connectivity index (χ1v) is 5.84. The van der Waals surface area contributed by atoms with Gasteiger partial charge in [0.05, 0.1) is 0 Å². The smallest absolute Gasteiger partial charge is 0.335 e. The minimum atomic E-state index is -0.351. The van der Waals surface area contributed by atoms with Crippen molar-refractivity contribution in [1.82, 2.24) is 0 Å². The first-order chi connectivity index (χ1) is 7.63. The maximum atomic E-state index is 11.1. The molecule has 0 aliphatic heterocycles. The number of aryl methyl sites for hydroxylation is 2. The highest BCUT2D eigenvalue weighted by molar-refractivity contribution is 6.17. The van der Waals surface area contributed by atoms with E-state index < -0.39 is 0 Å². The Morgan fingerprint density at radius 3 is 2.75 bits per heavy atom. The van der Waals surface area contributed by atoms with Crippen molar-refractivity contribution >= 4 is 17.4 Å². The minimum Gasteiger partial charge on any atom is -0.428 e. The van der Waals surface area contributed by atoms with Crippen molar-refractivity contribution in [1.29, 1.82) is 0 Å². The molecule has 0 aliphatic carbocycles. The maximum Gasteiger partial charge on any atom is 0.335 e. The van der Waals surface area contributed by atoms with E-state index in [2.05, 4.69) is 0 Å². The molecule has 1 heterocycles. The van der Waals surface area contributed by atoms with Gasteiger partial charge in [0.25, 0.3) is 0 Å². The number of carbonyl (C=O) groups is 1. The third-order valence-electron chi connectivity index (χ3n) is 2.29. The number of ketones is 1. The molecule has 0 fully saturated rings. The van der Waals surface area contributed by atoms with Gasteiger partial charge in [0, 0.05) is 24.8 Å². The van der Waals surface area contributed by atoms with Crippen molar-refractivity contribution in [2.24, 2.45) is 0 Å². The van der Waals surface area contributed by atoms with Crippen LogP contribution in [0.25, 0.3) is 0 Å². The normalized spacial score (nSPS) is 10.4. The van der Waals surface area contributed by atoms with Crippen LogP contribution in [0.15, 0.2) is 21.3 Å². The topological polar surface area (TPSA) is 47.3 Å².